The van der Waals surface area contributed by atoms with Gasteiger partial charge in [0.25, 0.3) is 5.91 Å². The molecule has 0 fully saturated rings. The molecule has 0 heterocycles. The number of amides is 3. The van der Waals surface area contributed by atoms with E-state index in [0.717, 1.165) is 5.56 Å². The third-order valence-corrected chi connectivity index (χ3v) is 4.14. The van der Waals surface area contributed by atoms with Gasteiger partial charge in [0.05, 0.1) is 13.2 Å². The number of hydrogen-bond donors (Lipinski definition) is 3. The van der Waals surface area contributed by atoms with E-state index in [2.05, 4.69) is 16.0 Å². The van der Waals surface area contributed by atoms with Gasteiger partial charge in [-0.15, -0.1) is 0 Å². The molecule has 0 saturated heterocycles. The average Bonchev–Trinajstić information content (AvgIpc) is 2.69. The number of ether oxygens (including phenoxy) is 1. The Morgan fingerprint density at radius 3 is 2.31 bits per heavy atom. The van der Waals surface area contributed by atoms with Gasteiger partial charge in [0.2, 0.25) is 11.8 Å². The van der Waals surface area contributed by atoms with Crippen molar-refractivity contribution in [2.24, 2.45) is 5.92 Å². The van der Waals surface area contributed by atoms with Gasteiger partial charge < -0.3 is 20.7 Å². The van der Waals surface area contributed by atoms with Crippen LogP contribution in [-0.2, 0) is 9.59 Å². The topological polar surface area (TPSA) is 96.5 Å². The first-order valence-corrected chi connectivity index (χ1v) is 9.52. The summed E-state index contributed by atoms with van der Waals surface area (Å²) in [5.74, 6) is -0.278. The molecule has 0 spiro atoms. The summed E-state index contributed by atoms with van der Waals surface area (Å²) in [7, 11) is 0. The first-order valence-electron chi connectivity index (χ1n) is 9.52. The fourth-order valence-electron chi connectivity index (χ4n) is 2.45. The molecule has 0 atom stereocenters. The maximum absolute atomic E-state index is 12.2. The second kappa shape index (κ2) is 10.3. The zero-order chi connectivity index (χ0) is 21.4. The second-order valence-electron chi connectivity index (χ2n) is 6.86. The van der Waals surface area contributed by atoms with Crippen LogP contribution in [0.4, 0.5) is 11.4 Å². The molecular weight excluding hydrogens is 370 g/mol. The van der Waals surface area contributed by atoms with E-state index in [0.29, 0.717) is 29.3 Å². The predicted octanol–water partition coefficient (Wildman–Crippen LogP) is 3.36. The Morgan fingerprint density at radius 2 is 1.69 bits per heavy atom. The van der Waals surface area contributed by atoms with Crippen LogP contribution in [0.15, 0.2) is 42.5 Å². The number of nitrogens with one attached hydrogen (secondary N) is 3. The van der Waals surface area contributed by atoms with Crippen molar-refractivity contribution in [3.05, 3.63) is 53.6 Å². The van der Waals surface area contributed by atoms with Crippen LogP contribution in [0.1, 0.15) is 36.7 Å². The SMILES string of the molecule is CCOc1ccc(C(=O)NCC(=O)Nc2cc(NC(=O)C(C)C)ccc2C)cc1. The quantitative estimate of drug-likeness (QED) is 0.636. The van der Waals surface area contributed by atoms with Crippen molar-refractivity contribution in [1.82, 2.24) is 5.32 Å². The third kappa shape index (κ3) is 6.64. The largest absolute Gasteiger partial charge is 0.494 e. The monoisotopic (exact) mass is 397 g/mol. The summed E-state index contributed by atoms with van der Waals surface area (Å²) in [6.45, 7) is 7.72. The highest BCUT2D eigenvalue weighted by molar-refractivity contribution is 6.00. The number of benzene rings is 2. The van der Waals surface area contributed by atoms with Crippen LogP contribution >= 0.6 is 0 Å². The predicted molar refractivity (Wildman–Crippen MR) is 113 cm³/mol. The Bertz CT molecular complexity index is 876. The van der Waals surface area contributed by atoms with Crippen LogP contribution in [0.2, 0.25) is 0 Å². The molecule has 0 aromatic heterocycles. The Labute approximate surface area is 170 Å². The van der Waals surface area contributed by atoms with Crippen LogP contribution in [0.5, 0.6) is 5.75 Å². The van der Waals surface area contributed by atoms with Gasteiger partial charge in [-0.25, -0.2) is 0 Å². The highest BCUT2D eigenvalue weighted by atomic mass is 16.5. The summed E-state index contributed by atoms with van der Waals surface area (Å²) in [5.41, 5.74) is 2.46. The van der Waals surface area contributed by atoms with Crippen molar-refractivity contribution >= 4 is 29.1 Å². The summed E-state index contributed by atoms with van der Waals surface area (Å²) in [6, 6.07) is 12.0. The number of aryl methyl sites for hydroxylation is 1. The number of anilines is 2. The first kappa shape index (κ1) is 21.9. The van der Waals surface area contributed by atoms with Gasteiger partial charge in [0, 0.05) is 22.9 Å². The molecule has 0 bridgehead atoms. The molecule has 0 unspecified atom stereocenters. The molecule has 0 radical (unpaired) electrons. The molecule has 0 saturated carbocycles. The summed E-state index contributed by atoms with van der Waals surface area (Å²) >= 11 is 0. The Balaban J connectivity index is 1.93. The van der Waals surface area contributed by atoms with E-state index in [1.54, 1.807) is 50.2 Å². The molecule has 0 aliphatic carbocycles. The molecule has 2 rings (SSSR count). The molecule has 7 nitrogen and oxygen atoms in total. The lowest BCUT2D eigenvalue weighted by Gasteiger charge is -2.13. The van der Waals surface area contributed by atoms with Crippen molar-refractivity contribution in [3.63, 3.8) is 0 Å². The minimum Gasteiger partial charge on any atom is -0.494 e. The molecule has 0 aliphatic heterocycles. The van der Waals surface area contributed by atoms with Gasteiger partial charge in [-0.1, -0.05) is 19.9 Å². The van der Waals surface area contributed by atoms with E-state index in [9.17, 15) is 14.4 Å². The highest BCUT2D eigenvalue weighted by Crippen LogP contribution is 2.21. The maximum Gasteiger partial charge on any atom is 0.251 e. The van der Waals surface area contributed by atoms with Gasteiger partial charge in [0.15, 0.2) is 0 Å². The first-order chi connectivity index (χ1) is 13.8. The molecule has 2 aromatic carbocycles. The van der Waals surface area contributed by atoms with Gasteiger partial charge in [-0.2, -0.15) is 0 Å². The Hall–Kier alpha value is -3.35. The third-order valence-electron chi connectivity index (χ3n) is 4.14. The minimum absolute atomic E-state index is 0.103. The average molecular weight is 397 g/mol. The van der Waals surface area contributed by atoms with Gasteiger partial charge >= 0.3 is 0 Å². The number of carbonyl (C=O) groups excluding carboxylic acids is 3. The fourth-order valence-corrected chi connectivity index (χ4v) is 2.45. The zero-order valence-corrected chi connectivity index (χ0v) is 17.2. The fraction of sp³-hybridized carbons (Fsp3) is 0.318. The molecule has 0 aliphatic rings. The number of carbonyl (C=O) groups is 3. The number of rotatable bonds is 8. The summed E-state index contributed by atoms with van der Waals surface area (Å²) in [5, 5.41) is 8.15. The van der Waals surface area contributed by atoms with E-state index < -0.39 is 0 Å². The second-order valence-corrected chi connectivity index (χ2v) is 6.86. The molecule has 154 valence electrons. The smallest absolute Gasteiger partial charge is 0.251 e. The normalized spacial score (nSPS) is 10.4. The molecule has 3 amide bonds. The zero-order valence-electron chi connectivity index (χ0n) is 17.2. The Kier molecular flexibility index (Phi) is 7.77. The lowest BCUT2D eigenvalue weighted by atomic mass is 10.1. The van der Waals surface area contributed by atoms with Crippen molar-refractivity contribution in [1.29, 1.82) is 0 Å². The van der Waals surface area contributed by atoms with E-state index >= 15 is 0 Å². The lowest BCUT2D eigenvalue weighted by Crippen LogP contribution is -2.33. The highest BCUT2D eigenvalue weighted by Gasteiger charge is 2.12. The van der Waals surface area contributed by atoms with Crippen LogP contribution in [0.25, 0.3) is 0 Å². The van der Waals surface area contributed by atoms with Crippen LogP contribution in [0.3, 0.4) is 0 Å². The minimum atomic E-state index is -0.361. The Morgan fingerprint density at radius 1 is 1.00 bits per heavy atom. The molecular formula is C22H27N3O4. The van der Waals surface area contributed by atoms with E-state index in [-0.39, 0.29) is 30.2 Å². The van der Waals surface area contributed by atoms with Crippen LogP contribution in [0, 0.1) is 12.8 Å². The summed E-state index contributed by atoms with van der Waals surface area (Å²) in [6.07, 6.45) is 0. The van der Waals surface area contributed by atoms with E-state index in [4.69, 9.17) is 4.74 Å². The van der Waals surface area contributed by atoms with Gasteiger partial charge in [0.1, 0.15) is 5.75 Å². The number of hydrogen-bond acceptors (Lipinski definition) is 4. The molecule has 29 heavy (non-hydrogen) atoms. The maximum atomic E-state index is 12.2. The molecule has 7 heteroatoms. The summed E-state index contributed by atoms with van der Waals surface area (Å²) < 4.78 is 5.34. The van der Waals surface area contributed by atoms with Crippen molar-refractivity contribution in [3.8, 4) is 5.75 Å². The standard InChI is InChI=1S/C22H27N3O4/c1-5-29-18-10-7-16(8-11-18)22(28)23-13-20(26)25-19-12-17(9-6-15(19)4)24-21(27)14(2)3/h6-12,14H,5,13H2,1-4H3,(H,23,28)(H,24,27)(H,25,26). The van der Waals surface area contributed by atoms with Gasteiger partial charge in [-0.05, 0) is 55.8 Å². The van der Waals surface area contributed by atoms with Crippen LogP contribution in [-0.4, -0.2) is 30.9 Å². The van der Waals surface area contributed by atoms with E-state index in [1.807, 2.05) is 19.9 Å². The van der Waals surface area contributed by atoms with Crippen LogP contribution < -0.4 is 20.7 Å². The van der Waals surface area contributed by atoms with E-state index in [1.165, 1.54) is 0 Å². The molecule has 3 N–H and O–H groups in total. The van der Waals surface area contributed by atoms with Crippen molar-refractivity contribution < 1.29 is 19.1 Å². The van der Waals surface area contributed by atoms with Crippen molar-refractivity contribution in [2.45, 2.75) is 27.7 Å². The van der Waals surface area contributed by atoms with Gasteiger partial charge in [-0.3, -0.25) is 14.4 Å². The summed E-state index contributed by atoms with van der Waals surface area (Å²) in [4.78, 5) is 36.3. The lowest BCUT2D eigenvalue weighted by molar-refractivity contribution is -0.119. The molecule has 2 aromatic rings. The van der Waals surface area contributed by atoms with Crippen molar-refractivity contribution in [2.75, 3.05) is 23.8 Å².